The van der Waals surface area contributed by atoms with Crippen molar-refractivity contribution in [3.63, 3.8) is 0 Å². The van der Waals surface area contributed by atoms with Crippen molar-refractivity contribution in [3.8, 4) is 0 Å². The van der Waals surface area contributed by atoms with Crippen LogP contribution in [0.2, 0.25) is 0 Å². The number of hydrogen-bond acceptors (Lipinski definition) is 4. The summed E-state index contributed by atoms with van der Waals surface area (Å²) in [5, 5.41) is 0. The maximum absolute atomic E-state index is 13.2. The van der Waals surface area contributed by atoms with E-state index in [0.29, 0.717) is 37.3 Å². The Morgan fingerprint density at radius 1 is 1.24 bits per heavy atom. The van der Waals surface area contributed by atoms with E-state index in [4.69, 9.17) is 0 Å². The zero-order valence-corrected chi connectivity index (χ0v) is 12.3. The van der Waals surface area contributed by atoms with E-state index >= 15 is 0 Å². The van der Waals surface area contributed by atoms with E-state index in [0.717, 1.165) is 0 Å². The Hall–Kier alpha value is -1.95. The Morgan fingerprint density at radius 3 is 2.48 bits per heavy atom. The zero-order valence-electron chi connectivity index (χ0n) is 12.3. The van der Waals surface area contributed by atoms with Gasteiger partial charge in [-0.3, -0.25) is 9.69 Å². The Morgan fingerprint density at radius 2 is 1.90 bits per heavy atom. The lowest BCUT2D eigenvalue weighted by Crippen LogP contribution is -2.49. The van der Waals surface area contributed by atoms with E-state index in [2.05, 4.69) is 4.74 Å². The highest BCUT2D eigenvalue weighted by Gasteiger charge is 2.23. The molecule has 21 heavy (non-hydrogen) atoms. The van der Waals surface area contributed by atoms with Crippen LogP contribution in [-0.2, 0) is 4.74 Å². The molecule has 2 rings (SSSR count). The van der Waals surface area contributed by atoms with Gasteiger partial charge in [-0.05, 0) is 30.7 Å². The van der Waals surface area contributed by atoms with Gasteiger partial charge in [-0.2, -0.15) is 0 Å². The molecule has 0 aromatic heterocycles. The molecule has 5 nitrogen and oxygen atoms in total. The highest BCUT2D eigenvalue weighted by molar-refractivity contribution is 5.97. The summed E-state index contributed by atoms with van der Waals surface area (Å²) in [6.07, 6.45) is -0.338. The number of amides is 1. The molecule has 1 aromatic rings. The number of Topliss-reactive ketones (excluding diaryl/α,β-unsaturated/α-hetero) is 1. The van der Waals surface area contributed by atoms with Crippen molar-refractivity contribution < 1.29 is 18.7 Å². The molecule has 0 atom stereocenters. The summed E-state index contributed by atoms with van der Waals surface area (Å²) in [6.45, 7) is 4.26. The minimum Gasteiger partial charge on any atom is -0.453 e. The van der Waals surface area contributed by atoms with Gasteiger partial charge in [0.2, 0.25) is 0 Å². The second-order valence-electron chi connectivity index (χ2n) is 5.12. The second-order valence-corrected chi connectivity index (χ2v) is 5.12. The molecule has 1 amide bonds. The van der Waals surface area contributed by atoms with Gasteiger partial charge in [0.25, 0.3) is 0 Å². The van der Waals surface area contributed by atoms with E-state index in [1.807, 2.05) is 4.90 Å². The zero-order chi connectivity index (χ0) is 15.4. The molecule has 1 aliphatic heterocycles. The van der Waals surface area contributed by atoms with Gasteiger partial charge in [-0.1, -0.05) is 0 Å². The Labute approximate surface area is 123 Å². The SMILES string of the molecule is COC(=O)N1CCN(CC(=O)c2ccc(F)c(C)c2)CC1. The fourth-order valence-electron chi connectivity index (χ4n) is 2.33. The van der Waals surface area contributed by atoms with Crippen molar-refractivity contribution in [1.82, 2.24) is 9.80 Å². The van der Waals surface area contributed by atoms with Crippen LogP contribution in [0.1, 0.15) is 15.9 Å². The number of carbonyl (C=O) groups excluding carboxylic acids is 2. The second kappa shape index (κ2) is 6.67. The van der Waals surface area contributed by atoms with Gasteiger partial charge in [0.15, 0.2) is 5.78 Å². The summed E-state index contributed by atoms with van der Waals surface area (Å²) >= 11 is 0. The third-order valence-corrected chi connectivity index (χ3v) is 3.65. The standard InChI is InChI=1S/C15H19FN2O3/c1-11-9-12(3-4-13(11)16)14(19)10-17-5-7-18(8-6-17)15(20)21-2/h3-4,9H,5-8,10H2,1-2H3. The van der Waals surface area contributed by atoms with E-state index < -0.39 is 0 Å². The molecule has 114 valence electrons. The van der Waals surface area contributed by atoms with Crippen LogP contribution in [-0.4, -0.2) is 61.5 Å². The quantitative estimate of drug-likeness (QED) is 0.796. The first-order valence-corrected chi connectivity index (χ1v) is 6.86. The largest absolute Gasteiger partial charge is 0.453 e. The number of halogens is 1. The number of carbonyl (C=O) groups is 2. The minimum absolute atomic E-state index is 0.0374. The molecule has 0 bridgehead atoms. The predicted octanol–water partition coefficient (Wildman–Crippen LogP) is 1.70. The van der Waals surface area contributed by atoms with Crippen molar-refractivity contribution in [2.24, 2.45) is 0 Å². The maximum Gasteiger partial charge on any atom is 0.409 e. The van der Waals surface area contributed by atoms with Crippen LogP contribution in [0.4, 0.5) is 9.18 Å². The molecule has 0 radical (unpaired) electrons. The average Bonchev–Trinajstić information content (AvgIpc) is 2.50. The van der Waals surface area contributed by atoms with Crippen LogP contribution in [0, 0.1) is 12.7 Å². The first-order valence-electron chi connectivity index (χ1n) is 6.86. The van der Waals surface area contributed by atoms with Gasteiger partial charge >= 0.3 is 6.09 Å². The Bertz CT molecular complexity index is 540. The van der Waals surface area contributed by atoms with Crippen LogP contribution in [0.5, 0.6) is 0 Å². The normalized spacial score (nSPS) is 15.9. The summed E-state index contributed by atoms with van der Waals surface area (Å²) in [4.78, 5) is 27.1. The fourth-order valence-corrected chi connectivity index (χ4v) is 2.33. The molecular formula is C15H19FN2O3. The maximum atomic E-state index is 13.2. The average molecular weight is 294 g/mol. The van der Waals surface area contributed by atoms with Crippen LogP contribution >= 0.6 is 0 Å². The Kier molecular flexibility index (Phi) is 4.90. The smallest absolute Gasteiger partial charge is 0.409 e. The first-order chi connectivity index (χ1) is 10.0. The van der Waals surface area contributed by atoms with Crippen molar-refractivity contribution in [2.75, 3.05) is 39.8 Å². The number of ether oxygens (including phenoxy) is 1. The molecule has 0 saturated carbocycles. The first kappa shape index (κ1) is 15.4. The number of piperazine rings is 1. The van der Waals surface area contributed by atoms with E-state index in [-0.39, 0.29) is 24.2 Å². The lowest BCUT2D eigenvalue weighted by Gasteiger charge is -2.33. The monoisotopic (exact) mass is 294 g/mol. The van der Waals surface area contributed by atoms with Gasteiger partial charge in [0.1, 0.15) is 5.82 Å². The molecule has 1 heterocycles. The topological polar surface area (TPSA) is 49.9 Å². The molecule has 0 spiro atoms. The van der Waals surface area contributed by atoms with Crippen molar-refractivity contribution in [1.29, 1.82) is 0 Å². The van der Waals surface area contributed by atoms with Gasteiger partial charge in [0.05, 0.1) is 13.7 Å². The number of ketones is 1. The van der Waals surface area contributed by atoms with E-state index in [9.17, 15) is 14.0 Å². The number of benzene rings is 1. The summed E-state index contributed by atoms with van der Waals surface area (Å²) in [7, 11) is 1.36. The molecule has 1 fully saturated rings. The Balaban J connectivity index is 1.89. The number of aryl methyl sites for hydroxylation is 1. The van der Waals surface area contributed by atoms with Crippen LogP contribution in [0.15, 0.2) is 18.2 Å². The van der Waals surface area contributed by atoms with Crippen molar-refractivity contribution in [2.45, 2.75) is 6.92 Å². The van der Waals surface area contributed by atoms with Gasteiger partial charge in [-0.15, -0.1) is 0 Å². The summed E-state index contributed by atoms with van der Waals surface area (Å²) in [6, 6.07) is 4.40. The molecule has 1 saturated heterocycles. The molecule has 0 unspecified atom stereocenters. The molecular weight excluding hydrogens is 275 g/mol. The highest BCUT2D eigenvalue weighted by atomic mass is 19.1. The van der Waals surface area contributed by atoms with Gasteiger partial charge in [-0.25, -0.2) is 9.18 Å². The van der Waals surface area contributed by atoms with Crippen molar-refractivity contribution in [3.05, 3.63) is 35.1 Å². The third-order valence-electron chi connectivity index (χ3n) is 3.65. The van der Waals surface area contributed by atoms with E-state index in [1.165, 1.54) is 19.2 Å². The van der Waals surface area contributed by atoms with Crippen molar-refractivity contribution >= 4 is 11.9 Å². The van der Waals surface area contributed by atoms with Crippen LogP contribution in [0.3, 0.4) is 0 Å². The summed E-state index contributed by atoms with van der Waals surface area (Å²) in [5.41, 5.74) is 0.987. The van der Waals surface area contributed by atoms with E-state index in [1.54, 1.807) is 17.9 Å². The highest BCUT2D eigenvalue weighted by Crippen LogP contribution is 2.11. The van der Waals surface area contributed by atoms with Gasteiger partial charge < -0.3 is 9.64 Å². The summed E-state index contributed by atoms with van der Waals surface area (Å²) in [5.74, 6) is -0.345. The van der Waals surface area contributed by atoms with Crippen LogP contribution in [0.25, 0.3) is 0 Å². The molecule has 0 N–H and O–H groups in total. The molecule has 0 aliphatic carbocycles. The number of hydrogen-bond donors (Lipinski definition) is 0. The number of methoxy groups -OCH3 is 1. The fraction of sp³-hybridized carbons (Fsp3) is 0.467. The molecule has 1 aromatic carbocycles. The lowest BCUT2D eigenvalue weighted by atomic mass is 10.1. The molecule has 6 heteroatoms. The lowest BCUT2D eigenvalue weighted by molar-refractivity contribution is 0.0790. The summed E-state index contributed by atoms with van der Waals surface area (Å²) < 4.78 is 17.9. The number of rotatable bonds is 3. The minimum atomic E-state index is -0.338. The molecule has 1 aliphatic rings. The number of nitrogens with zero attached hydrogens (tertiary/aromatic N) is 2. The predicted molar refractivity (Wildman–Crippen MR) is 75.9 cm³/mol. The van der Waals surface area contributed by atoms with Crippen LogP contribution < -0.4 is 0 Å². The third kappa shape index (κ3) is 3.78. The van der Waals surface area contributed by atoms with Gasteiger partial charge in [0, 0.05) is 31.7 Å².